The van der Waals surface area contributed by atoms with Crippen molar-refractivity contribution in [3.8, 4) is 80.1 Å². The summed E-state index contributed by atoms with van der Waals surface area (Å²) in [5, 5.41) is 0. The number of aromatic nitrogens is 2. The van der Waals surface area contributed by atoms with Crippen molar-refractivity contribution < 1.29 is 66.0 Å². The lowest BCUT2D eigenvalue weighted by Gasteiger charge is -2.15. The third-order valence-corrected chi connectivity index (χ3v) is 20.1. The maximum absolute atomic E-state index is 6.79. The summed E-state index contributed by atoms with van der Waals surface area (Å²) in [6, 6.07) is 126. The normalized spacial score (nSPS) is 10.9. The molecule has 14 aromatic carbocycles. The van der Waals surface area contributed by atoms with E-state index in [0.29, 0.717) is 135 Å². The number of pyridine rings is 2. The molecule has 0 aliphatic rings. The Kier molecular flexibility index (Phi) is 27.7. The first kappa shape index (κ1) is 80.8. The molecule has 0 bridgehead atoms. The number of rotatable bonds is 41. The van der Waals surface area contributed by atoms with Crippen molar-refractivity contribution in [1.82, 2.24) is 0 Å². The molecular weight excluding hydrogens is 1520 g/mol. The van der Waals surface area contributed by atoms with Gasteiger partial charge in [0.2, 0.25) is 0 Å². The van der Waals surface area contributed by atoms with E-state index in [4.69, 9.17) is 56.8 Å². The Labute approximate surface area is 713 Å². The van der Waals surface area contributed by atoms with Gasteiger partial charge in [-0.25, -0.2) is 9.13 Å². The summed E-state index contributed by atoms with van der Waals surface area (Å²) < 4.78 is 82.8. The molecule has 2 aromatic heterocycles. The predicted octanol–water partition coefficient (Wildman–Crippen LogP) is 23.0. The van der Waals surface area contributed by atoms with Crippen molar-refractivity contribution in [2.75, 3.05) is 0 Å². The number of hydrogen-bond acceptors (Lipinski definition) is 12. The average Bonchev–Trinajstić information content (AvgIpc) is 0.829. The van der Waals surface area contributed by atoms with Crippen LogP contribution in [0, 0.1) is 0 Å². The number of benzene rings is 14. The van der Waals surface area contributed by atoms with Gasteiger partial charge in [-0.1, -0.05) is 243 Å². The molecule has 16 aromatic rings. The monoisotopic (exact) mass is 1610 g/mol. The quantitative estimate of drug-likeness (QED) is 0.0340. The average molecular weight is 1610 g/mol. The lowest BCUT2D eigenvalue weighted by Crippen LogP contribution is -2.33. The van der Waals surface area contributed by atoms with E-state index < -0.39 is 0 Å². The van der Waals surface area contributed by atoms with Gasteiger partial charge in [0.15, 0.2) is 37.9 Å². The molecule has 0 saturated heterocycles. The Morgan fingerprint density at radius 1 is 0.131 bits per heavy atom. The van der Waals surface area contributed by atoms with Crippen LogP contribution in [0.25, 0.3) is 11.1 Å². The zero-order valence-electron chi connectivity index (χ0n) is 67.8. The first-order chi connectivity index (χ1) is 60.3. The predicted molar refractivity (Wildman–Crippen MR) is 473 cm³/mol. The molecule has 14 nitrogen and oxygen atoms in total. The molecule has 0 fully saturated rings. The summed E-state index contributed by atoms with van der Waals surface area (Å²) in [6.07, 6.45) is 8.41. The van der Waals surface area contributed by atoms with Crippen LogP contribution in [-0.4, -0.2) is 0 Å². The van der Waals surface area contributed by atoms with Gasteiger partial charge >= 0.3 is 0 Å². The zero-order chi connectivity index (χ0) is 82.4. The van der Waals surface area contributed by atoms with Crippen molar-refractivity contribution in [3.63, 3.8) is 0 Å². The van der Waals surface area contributed by atoms with Crippen LogP contribution < -0.4 is 66.0 Å². The molecule has 0 aliphatic carbocycles. The molecule has 0 amide bonds. The van der Waals surface area contributed by atoms with Crippen LogP contribution in [0.15, 0.2) is 401 Å². The van der Waals surface area contributed by atoms with Crippen LogP contribution in [-0.2, 0) is 92.4 Å². The molecule has 0 saturated carbocycles. The molecular formula is C108H94N2O12+2. The van der Waals surface area contributed by atoms with Gasteiger partial charge in [0.25, 0.3) is 0 Å². The lowest BCUT2D eigenvalue weighted by molar-refractivity contribution is -0.688. The third kappa shape index (κ3) is 25.0. The van der Waals surface area contributed by atoms with E-state index in [1.807, 2.05) is 231 Å². The second-order valence-electron chi connectivity index (χ2n) is 29.7. The highest BCUT2D eigenvalue weighted by atomic mass is 16.5. The highest BCUT2D eigenvalue weighted by molar-refractivity contribution is 5.61. The van der Waals surface area contributed by atoms with E-state index in [0.717, 1.165) is 89.0 Å². The highest BCUT2D eigenvalue weighted by Gasteiger charge is 2.18. The lowest BCUT2D eigenvalue weighted by atomic mass is 10.1. The van der Waals surface area contributed by atoms with Crippen molar-refractivity contribution in [2.24, 2.45) is 0 Å². The molecule has 0 unspecified atom stereocenters. The second kappa shape index (κ2) is 41.9. The Morgan fingerprint density at radius 3 is 0.410 bits per heavy atom. The number of nitrogens with zero attached hydrogens (tertiary/aromatic N) is 2. The van der Waals surface area contributed by atoms with Gasteiger partial charge in [-0.2, -0.15) is 0 Å². The van der Waals surface area contributed by atoms with Crippen molar-refractivity contribution in [2.45, 2.75) is 92.4 Å². The van der Waals surface area contributed by atoms with Gasteiger partial charge in [-0.15, -0.1) is 0 Å². The minimum Gasteiger partial charge on any atom is -0.489 e. The Hall–Kier alpha value is -15.0. The third-order valence-electron chi connectivity index (χ3n) is 20.1. The van der Waals surface area contributed by atoms with Crippen molar-refractivity contribution in [3.05, 3.63) is 479 Å². The van der Waals surface area contributed by atoms with Crippen LogP contribution >= 0.6 is 0 Å². The summed E-state index contributed by atoms with van der Waals surface area (Å²) in [5.74, 6) is 7.86. The summed E-state index contributed by atoms with van der Waals surface area (Å²) in [5.41, 5.74) is 16.0. The fraction of sp³-hybridized carbons (Fsp3) is 0.130. The number of hydrogen-bond donors (Lipinski definition) is 0. The zero-order valence-corrected chi connectivity index (χ0v) is 67.8. The van der Waals surface area contributed by atoms with E-state index in [2.05, 4.69) is 180 Å². The fourth-order valence-electron chi connectivity index (χ4n) is 13.8. The van der Waals surface area contributed by atoms with Crippen LogP contribution in [0.1, 0.15) is 77.9 Å². The molecule has 0 radical (unpaired) electrons. The van der Waals surface area contributed by atoms with E-state index in [-0.39, 0.29) is 26.4 Å². The van der Waals surface area contributed by atoms with Crippen molar-refractivity contribution >= 4 is 0 Å². The minimum atomic E-state index is 0.219. The van der Waals surface area contributed by atoms with E-state index >= 15 is 0 Å². The highest BCUT2D eigenvalue weighted by Crippen LogP contribution is 2.35. The van der Waals surface area contributed by atoms with Gasteiger partial charge in [-0.3, -0.25) is 0 Å². The van der Waals surface area contributed by atoms with Crippen molar-refractivity contribution in [1.29, 1.82) is 0 Å². The summed E-state index contributed by atoms with van der Waals surface area (Å²) in [7, 11) is 0. The molecule has 606 valence electrons. The van der Waals surface area contributed by atoms with Crippen LogP contribution in [0.3, 0.4) is 0 Å². The standard InChI is InChI=1S/C108H94N2O12/c1-9-25-81(26-10-1)69-111-101-53-91(54-102(63-101)112-70-82-27-11-2-12-28-82)77-119-97-49-89(50-98(61-97)120-78-92-55-103(113-71-83-29-13-3-14-30-83)64-104(56-92)114-72-84-31-15-4-16-32-84)67-109-45-41-95(42-46-109)96-43-47-110(48-44-96)68-90-51-99(121-79-93-57-105(115-73-85-33-17-5-18-34-85)65-106(58-93)116-74-86-35-19-6-20-36-86)62-100(52-90)122-80-94-59-107(117-75-87-37-21-7-22-38-87)66-108(60-94)118-76-88-39-23-8-24-40-88/h1-66H,67-80H2/q+2. The van der Waals surface area contributed by atoms with E-state index in [1.54, 1.807) is 0 Å². The van der Waals surface area contributed by atoms with Gasteiger partial charge in [0, 0.05) is 71.8 Å². The Balaban J connectivity index is 0.648. The Morgan fingerprint density at radius 2 is 0.262 bits per heavy atom. The van der Waals surface area contributed by atoms with Gasteiger partial charge in [-0.05, 0) is 151 Å². The molecule has 0 N–H and O–H groups in total. The van der Waals surface area contributed by atoms with Gasteiger partial charge in [0.05, 0.1) is 0 Å². The molecule has 0 atom stereocenters. The maximum atomic E-state index is 6.79. The van der Waals surface area contributed by atoms with Gasteiger partial charge < -0.3 is 56.8 Å². The van der Waals surface area contributed by atoms with Gasteiger partial charge in [0.1, 0.15) is 148 Å². The first-order valence-corrected chi connectivity index (χ1v) is 40.9. The summed E-state index contributed by atoms with van der Waals surface area (Å²) >= 11 is 0. The Bertz CT molecular complexity index is 5010. The van der Waals surface area contributed by atoms with E-state index in [9.17, 15) is 0 Å². The first-order valence-electron chi connectivity index (χ1n) is 40.9. The van der Waals surface area contributed by atoms with Crippen LogP contribution in [0.2, 0.25) is 0 Å². The largest absolute Gasteiger partial charge is 0.489 e. The van der Waals surface area contributed by atoms with Crippen LogP contribution in [0.4, 0.5) is 0 Å². The maximum Gasteiger partial charge on any atom is 0.174 e. The molecule has 2 heterocycles. The second-order valence-corrected chi connectivity index (χ2v) is 29.7. The molecule has 16 rings (SSSR count). The summed E-state index contributed by atoms with van der Waals surface area (Å²) in [4.78, 5) is 0. The number of ether oxygens (including phenoxy) is 12. The SMILES string of the molecule is c1ccc(COc2cc(COc3cc(C[n+]4ccc(-c5cc[n+](Cc6cc(OCc7cc(OCc8ccccc8)cc(OCc8ccccc8)c7)cc(OCc7cc(OCc8ccccc8)cc(OCc8ccccc8)c7)c6)cc5)cc4)cc(OCc4cc(OCc5ccccc5)cc(OCc5ccccc5)c4)c3)cc(OCc3ccccc3)c2)cc1. The van der Waals surface area contributed by atoms with E-state index in [1.165, 1.54) is 0 Å². The molecule has 0 aliphatic heterocycles. The minimum absolute atomic E-state index is 0.219. The molecule has 122 heavy (non-hydrogen) atoms. The smallest absolute Gasteiger partial charge is 0.174 e. The fourth-order valence-corrected chi connectivity index (χ4v) is 13.8. The molecule has 14 heteroatoms. The summed E-state index contributed by atoms with van der Waals surface area (Å²) in [6.45, 7) is 5.05. The molecule has 0 spiro atoms. The van der Waals surface area contributed by atoms with Crippen LogP contribution in [0.5, 0.6) is 69.0 Å². The topological polar surface area (TPSA) is 119 Å².